The van der Waals surface area contributed by atoms with Gasteiger partial charge >= 0.3 is 0 Å². The number of carbonyl (C=O) groups excluding carboxylic acids is 1. The van der Waals surface area contributed by atoms with E-state index in [1.807, 2.05) is 26.0 Å². The molecule has 4 rings (SSSR count). The molecule has 0 saturated heterocycles. The van der Waals surface area contributed by atoms with Gasteiger partial charge in [0.15, 0.2) is 11.5 Å². The van der Waals surface area contributed by atoms with E-state index >= 15 is 0 Å². The van der Waals surface area contributed by atoms with Crippen LogP contribution in [0.15, 0.2) is 47.4 Å². The summed E-state index contributed by atoms with van der Waals surface area (Å²) in [7, 11) is -3.72. The molecule has 0 unspecified atom stereocenters. The van der Waals surface area contributed by atoms with E-state index in [-0.39, 0.29) is 23.4 Å². The predicted molar refractivity (Wildman–Crippen MR) is 121 cm³/mol. The molecule has 0 radical (unpaired) electrons. The smallest absolute Gasteiger partial charge is 0.251 e. The van der Waals surface area contributed by atoms with E-state index in [1.165, 1.54) is 0 Å². The molecule has 8 heteroatoms. The lowest BCUT2D eigenvalue weighted by Gasteiger charge is -2.23. The maximum Gasteiger partial charge on any atom is 0.251 e. The highest BCUT2D eigenvalue weighted by molar-refractivity contribution is 7.89. The average molecular weight is 459 g/mol. The maximum atomic E-state index is 13.5. The number of nitrogens with one attached hydrogen (secondary N) is 1. The summed E-state index contributed by atoms with van der Waals surface area (Å²) in [5.41, 5.74) is 1.44. The second-order valence-corrected chi connectivity index (χ2v) is 10.1. The second-order valence-electron chi connectivity index (χ2n) is 8.20. The standard InChI is InChI=1S/C24H30N2O5S/c1-3-30-22-14-13-21(15-23(22)31-4-2)32(28,29)26(20-11-12-20)16-17-5-7-18(8-6-17)24(27)25-19-9-10-19/h5-8,13-15,19-20H,3-4,9-12,16H2,1-2H3,(H,25,27). The van der Waals surface area contributed by atoms with Crippen molar-refractivity contribution in [3.8, 4) is 11.5 Å². The first kappa shape index (κ1) is 22.6. The highest BCUT2D eigenvalue weighted by Gasteiger charge is 2.38. The van der Waals surface area contributed by atoms with Crippen LogP contribution in [0.3, 0.4) is 0 Å². The molecule has 0 bridgehead atoms. The first-order chi connectivity index (χ1) is 15.4. The van der Waals surface area contributed by atoms with Gasteiger partial charge in [-0.05, 0) is 69.4 Å². The van der Waals surface area contributed by atoms with Gasteiger partial charge in [-0.25, -0.2) is 8.42 Å². The van der Waals surface area contributed by atoms with Gasteiger partial charge in [0.1, 0.15) is 0 Å². The van der Waals surface area contributed by atoms with Gasteiger partial charge in [0, 0.05) is 30.3 Å². The fourth-order valence-electron chi connectivity index (χ4n) is 3.54. The normalized spacial score (nSPS) is 16.1. The van der Waals surface area contributed by atoms with Gasteiger partial charge in [-0.2, -0.15) is 4.31 Å². The van der Waals surface area contributed by atoms with Crippen molar-refractivity contribution in [3.63, 3.8) is 0 Å². The molecule has 2 aliphatic rings. The van der Waals surface area contributed by atoms with Crippen LogP contribution in [0.5, 0.6) is 11.5 Å². The Morgan fingerprint density at radius 2 is 1.62 bits per heavy atom. The molecule has 0 spiro atoms. The summed E-state index contributed by atoms with van der Waals surface area (Å²) < 4.78 is 39.8. The molecular formula is C24H30N2O5S. The van der Waals surface area contributed by atoms with Crippen LogP contribution < -0.4 is 14.8 Å². The van der Waals surface area contributed by atoms with E-state index in [9.17, 15) is 13.2 Å². The van der Waals surface area contributed by atoms with E-state index in [0.717, 1.165) is 31.2 Å². The minimum absolute atomic E-state index is 0.0139. The minimum Gasteiger partial charge on any atom is -0.490 e. The fraction of sp³-hybridized carbons (Fsp3) is 0.458. The van der Waals surface area contributed by atoms with Crippen LogP contribution in [0.2, 0.25) is 0 Å². The molecule has 1 amide bonds. The van der Waals surface area contributed by atoms with Crippen molar-refractivity contribution in [2.45, 2.75) is 63.1 Å². The van der Waals surface area contributed by atoms with Crippen LogP contribution in [0.25, 0.3) is 0 Å². The molecule has 7 nitrogen and oxygen atoms in total. The molecule has 0 heterocycles. The van der Waals surface area contributed by atoms with Crippen molar-refractivity contribution in [2.75, 3.05) is 13.2 Å². The largest absolute Gasteiger partial charge is 0.490 e. The van der Waals surface area contributed by atoms with E-state index in [2.05, 4.69) is 5.32 Å². The van der Waals surface area contributed by atoms with Gasteiger partial charge < -0.3 is 14.8 Å². The lowest BCUT2D eigenvalue weighted by molar-refractivity contribution is 0.0951. The summed E-state index contributed by atoms with van der Waals surface area (Å²) >= 11 is 0. The lowest BCUT2D eigenvalue weighted by atomic mass is 10.1. The van der Waals surface area contributed by atoms with Crippen LogP contribution >= 0.6 is 0 Å². The molecule has 2 aliphatic carbocycles. The number of amides is 1. The molecule has 32 heavy (non-hydrogen) atoms. The minimum atomic E-state index is -3.72. The Morgan fingerprint density at radius 1 is 0.969 bits per heavy atom. The van der Waals surface area contributed by atoms with Crippen molar-refractivity contribution in [1.82, 2.24) is 9.62 Å². The quantitative estimate of drug-likeness (QED) is 0.555. The lowest BCUT2D eigenvalue weighted by Crippen LogP contribution is -2.32. The third kappa shape index (κ3) is 5.24. The molecule has 1 N–H and O–H groups in total. The molecule has 2 saturated carbocycles. The number of carbonyl (C=O) groups is 1. The third-order valence-electron chi connectivity index (χ3n) is 5.54. The second kappa shape index (κ2) is 9.50. The van der Waals surface area contributed by atoms with Crippen molar-refractivity contribution < 1.29 is 22.7 Å². The zero-order valence-electron chi connectivity index (χ0n) is 18.5. The summed E-state index contributed by atoms with van der Waals surface area (Å²) in [4.78, 5) is 12.4. The molecule has 0 aliphatic heterocycles. The Bertz CT molecular complexity index is 1060. The number of rotatable bonds is 11. The zero-order valence-corrected chi connectivity index (χ0v) is 19.4. The van der Waals surface area contributed by atoms with Gasteiger partial charge in [0.2, 0.25) is 10.0 Å². The van der Waals surface area contributed by atoms with Crippen LogP contribution in [-0.2, 0) is 16.6 Å². The van der Waals surface area contributed by atoms with E-state index < -0.39 is 10.0 Å². The molecule has 2 fully saturated rings. The van der Waals surface area contributed by atoms with Crippen molar-refractivity contribution >= 4 is 15.9 Å². The van der Waals surface area contributed by atoms with Crippen molar-refractivity contribution in [1.29, 1.82) is 0 Å². The maximum absolute atomic E-state index is 13.5. The summed E-state index contributed by atoms with van der Waals surface area (Å²) in [6.07, 6.45) is 3.76. The van der Waals surface area contributed by atoms with Gasteiger partial charge in [-0.1, -0.05) is 12.1 Å². The monoisotopic (exact) mass is 458 g/mol. The van der Waals surface area contributed by atoms with Crippen LogP contribution in [0.1, 0.15) is 55.5 Å². The van der Waals surface area contributed by atoms with Crippen LogP contribution in [-0.4, -0.2) is 43.9 Å². The fourth-order valence-corrected chi connectivity index (χ4v) is 5.23. The SMILES string of the molecule is CCOc1ccc(S(=O)(=O)N(Cc2ccc(C(=O)NC3CC3)cc2)C2CC2)cc1OCC. The van der Waals surface area contributed by atoms with E-state index in [4.69, 9.17) is 9.47 Å². The molecule has 0 atom stereocenters. The van der Waals surface area contributed by atoms with Crippen LogP contribution in [0.4, 0.5) is 0 Å². The zero-order chi connectivity index (χ0) is 22.7. The highest BCUT2D eigenvalue weighted by Crippen LogP contribution is 2.36. The summed E-state index contributed by atoms with van der Waals surface area (Å²) in [6.45, 7) is 4.86. The average Bonchev–Trinajstić information content (AvgIpc) is 3.69. The Labute approximate surface area is 189 Å². The Kier molecular flexibility index (Phi) is 6.71. The van der Waals surface area contributed by atoms with E-state index in [0.29, 0.717) is 36.3 Å². The highest BCUT2D eigenvalue weighted by atomic mass is 32.2. The Morgan fingerprint density at radius 3 is 2.22 bits per heavy atom. The Hall–Kier alpha value is -2.58. The number of hydrogen-bond donors (Lipinski definition) is 1. The number of sulfonamides is 1. The van der Waals surface area contributed by atoms with Crippen molar-refractivity contribution in [3.05, 3.63) is 53.6 Å². The number of nitrogens with zero attached hydrogens (tertiary/aromatic N) is 1. The van der Waals surface area contributed by atoms with Gasteiger partial charge in [0.05, 0.1) is 18.1 Å². The molecule has 2 aromatic rings. The molecule has 172 valence electrons. The first-order valence-corrected chi connectivity index (χ1v) is 12.7. The number of benzene rings is 2. The summed E-state index contributed by atoms with van der Waals surface area (Å²) in [5, 5.41) is 2.97. The van der Waals surface area contributed by atoms with E-state index in [1.54, 1.807) is 34.6 Å². The predicted octanol–water partition coefficient (Wildman–Crippen LogP) is 3.73. The molecule has 0 aromatic heterocycles. The molecule has 2 aromatic carbocycles. The molecular weight excluding hydrogens is 428 g/mol. The van der Waals surface area contributed by atoms with Gasteiger partial charge in [-0.15, -0.1) is 0 Å². The summed E-state index contributed by atoms with van der Waals surface area (Å²) in [5.74, 6) is 0.882. The van der Waals surface area contributed by atoms with Crippen LogP contribution in [0, 0.1) is 0 Å². The Balaban J connectivity index is 1.54. The third-order valence-corrected chi connectivity index (χ3v) is 7.44. The van der Waals surface area contributed by atoms with Crippen molar-refractivity contribution in [2.24, 2.45) is 0 Å². The summed E-state index contributed by atoms with van der Waals surface area (Å²) in [6, 6.07) is 12.2. The number of hydrogen-bond acceptors (Lipinski definition) is 5. The topological polar surface area (TPSA) is 84.9 Å². The van der Waals surface area contributed by atoms with Gasteiger partial charge in [0.25, 0.3) is 5.91 Å². The number of ether oxygens (including phenoxy) is 2. The van der Waals surface area contributed by atoms with Gasteiger partial charge in [-0.3, -0.25) is 4.79 Å². The first-order valence-electron chi connectivity index (χ1n) is 11.2.